The fourth-order valence-corrected chi connectivity index (χ4v) is 4.27. The number of hydrogen-bond acceptors (Lipinski definition) is 16. The molecule has 0 fully saturated rings. The van der Waals surface area contributed by atoms with Crippen LogP contribution < -0.4 is 30.6 Å². The molecule has 372 valence electrons. The highest BCUT2D eigenvalue weighted by atomic mass is 79.9. The van der Waals surface area contributed by atoms with E-state index in [-0.39, 0.29) is 65.4 Å². The molecule has 0 aliphatic rings. The summed E-state index contributed by atoms with van der Waals surface area (Å²) in [4.78, 5) is 34.2. The van der Waals surface area contributed by atoms with Gasteiger partial charge in [-0.2, -0.15) is 0 Å². The van der Waals surface area contributed by atoms with Crippen LogP contribution in [0.25, 0.3) is 0 Å². The van der Waals surface area contributed by atoms with Crippen LogP contribution in [0.15, 0.2) is 91.0 Å². The van der Waals surface area contributed by atoms with E-state index >= 15 is 0 Å². The van der Waals surface area contributed by atoms with Gasteiger partial charge in [0.25, 0.3) is 17.1 Å². The van der Waals surface area contributed by atoms with Gasteiger partial charge < -0.3 is 75.4 Å². The number of nitrogens with two attached hydrogens (primary N) is 1. The Balaban J connectivity index is 0. The number of halogens is 2. The van der Waals surface area contributed by atoms with Crippen LogP contribution >= 0.6 is 27.5 Å². The molecule has 20 heteroatoms. The molecule has 0 spiro atoms. The number of alkyl halides is 1. The second kappa shape index (κ2) is 41.5. The first-order valence-corrected chi connectivity index (χ1v) is 21.5. The number of para-hydroxylation sites is 3. The standard InChI is InChI=1S/C21H23NO5.C12H17NO5.C8H7ClO2.C4H11NO3.C3H3Br/c1-4-12-24-16-21(17-25-13-5-2,18-26-14-6-3)22-20(23)15-27-19-10-8-7-9-11-19;14-7-12(8-15,9-16)13-11(17)6-18-10-4-2-1-3-5-10;9-8(10)6-11-7-4-2-1-3-5-7;5-4(1-6,2-7)3-8;1-2-3-4/h1-3,7-11H,12-18H2,(H,22,23);1-5,14-16H,6-9H2,(H,13,17);1-5H,6H2;6-8H,1-3,5H2;1H,3H2. The van der Waals surface area contributed by atoms with Crippen LogP contribution in [0.4, 0.5) is 0 Å². The van der Waals surface area contributed by atoms with E-state index in [1.807, 2.05) is 42.5 Å². The van der Waals surface area contributed by atoms with Crippen molar-refractivity contribution in [3.8, 4) is 66.6 Å². The van der Waals surface area contributed by atoms with Gasteiger partial charge in [-0.3, -0.25) is 14.4 Å². The zero-order valence-corrected chi connectivity index (χ0v) is 39.8. The van der Waals surface area contributed by atoms with Crippen molar-refractivity contribution in [1.82, 2.24) is 10.6 Å². The summed E-state index contributed by atoms with van der Waals surface area (Å²) >= 11 is 8.08. The topological polar surface area (TPSA) is 278 Å². The van der Waals surface area contributed by atoms with Gasteiger partial charge in [0.1, 0.15) is 48.1 Å². The smallest absolute Gasteiger partial charge is 0.259 e. The molecule has 10 N–H and O–H groups in total. The fraction of sp³-hybridized carbons (Fsp3) is 0.396. The first-order chi connectivity index (χ1) is 32.7. The van der Waals surface area contributed by atoms with Crippen molar-refractivity contribution in [2.45, 2.75) is 16.6 Å². The highest BCUT2D eigenvalue weighted by Gasteiger charge is 2.34. The third-order valence-corrected chi connectivity index (χ3v) is 8.18. The minimum atomic E-state index is -1.42. The first-order valence-electron chi connectivity index (χ1n) is 20.0. The van der Waals surface area contributed by atoms with Gasteiger partial charge in [-0.05, 0) is 48.0 Å². The maximum Gasteiger partial charge on any atom is 0.259 e. The van der Waals surface area contributed by atoms with Crippen molar-refractivity contribution in [3.63, 3.8) is 0 Å². The van der Waals surface area contributed by atoms with Crippen LogP contribution in [-0.4, -0.2) is 169 Å². The molecule has 3 rings (SSSR count). The minimum absolute atomic E-state index is 0.0589. The van der Waals surface area contributed by atoms with Crippen LogP contribution in [0.3, 0.4) is 0 Å². The zero-order valence-electron chi connectivity index (χ0n) is 37.5. The molecule has 0 radical (unpaired) electrons. The maximum absolute atomic E-state index is 12.4. The van der Waals surface area contributed by atoms with Crippen molar-refractivity contribution >= 4 is 44.6 Å². The van der Waals surface area contributed by atoms with Crippen LogP contribution in [-0.2, 0) is 28.6 Å². The zero-order chi connectivity index (χ0) is 51.4. The van der Waals surface area contributed by atoms with E-state index < -0.39 is 67.4 Å². The summed E-state index contributed by atoms with van der Waals surface area (Å²) in [5, 5.41) is 57.5. The molecule has 3 aromatic rings. The van der Waals surface area contributed by atoms with Gasteiger partial charge in [0, 0.05) is 0 Å². The van der Waals surface area contributed by atoms with Crippen molar-refractivity contribution in [1.29, 1.82) is 0 Å². The summed E-state index contributed by atoms with van der Waals surface area (Å²) in [7, 11) is 0. The van der Waals surface area contributed by atoms with Crippen LogP contribution in [0.2, 0.25) is 0 Å². The number of rotatable bonds is 26. The Kier molecular flexibility index (Phi) is 39.2. The predicted molar refractivity (Wildman–Crippen MR) is 259 cm³/mol. The first kappa shape index (κ1) is 64.4. The molecular weight excluding hydrogens is 974 g/mol. The number of aliphatic hydroxyl groups excluding tert-OH is 6. The lowest BCUT2D eigenvalue weighted by Crippen LogP contribution is -2.59. The van der Waals surface area contributed by atoms with Gasteiger partial charge in [0.2, 0.25) is 0 Å². The minimum Gasteiger partial charge on any atom is -0.484 e. The van der Waals surface area contributed by atoms with E-state index in [0.717, 1.165) is 0 Å². The molecule has 0 unspecified atom stereocenters. The average molecular weight is 1040 g/mol. The normalized spacial score (nSPS) is 10.2. The highest BCUT2D eigenvalue weighted by Crippen LogP contribution is 2.12. The average Bonchev–Trinajstić information content (AvgIpc) is 3.37. The fourth-order valence-electron chi connectivity index (χ4n) is 4.22. The molecule has 18 nitrogen and oxygen atoms in total. The summed E-state index contributed by atoms with van der Waals surface area (Å²) in [5.74, 6) is 10.3. The van der Waals surface area contributed by atoms with E-state index in [4.69, 9.17) is 102 Å². The number of carbonyl (C=O) groups excluding carboxylic acids is 3. The van der Waals surface area contributed by atoms with Crippen molar-refractivity contribution in [2.24, 2.45) is 5.73 Å². The third-order valence-electron chi connectivity index (χ3n) is 7.75. The van der Waals surface area contributed by atoms with Gasteiger partial charge in [0.15, 0.2) is 19.8 Å². The van der Waals surface area contributed by atoms with E-state index in [2.05, 4.69) is 50.2 Å². The lowest BCUT2D eigenvalue weighted by atomic mass is 10.0. The van der Waals surface area contributed by atoms with Crippen LogP contribution in [0.1, 0.15) is 0 Å². The third kappa shape index (κ3) is 32.9. The Hall–Kier alpha value is -5.72. The monoisotopic (exact) mass is 1030 g/mol. The molecule has 3 aromatic carbocycles. The van der Waals surface area contributed by atoms with Crippen molar-refractivity contribution in [3.05, 3.63) is 91.0 Å². The lowest BCUT2D eigenvalue weighted by Gasteiger charge is -2.33. The van der Waals surface area contributed by atoms with E-state index in [1.54, 1.807) is 48.5 Å². The molecular formula is C48H61BrClN3O15. The SMILES string of the molecule is C#CCBr.C#CCOCC(COCC#C)(COCC#C)NC(=O)COc1ccccc1.NC(CO)(CO)CO.O=C(COc1ccccc1)NC(CO)(CO)CO.O=C(Cl)COc1ccccc1. The highest BCUT2D eigenvalue weighted by molar-refractivity contribution is 9.09. The summed E-state index contributed by atoms with van der Waals surface area (Å²) < 4.78 is 31.9. The number of ether oxygens (including phenoxy) is 6. The number of terminal acetylenes is 4. The molecule has 0 heterocycles. The molecule has 68 heavy (non-hydrogen) atoms. The second-order valence-electron chi connectivity index (χ2n) is 13.6. The lowest BCUT2D eigenvalue weighted by molar-refractivity contribution is -0.129. The number of amides is 2. The molecule has 0 aliphatic heterocycles. The Morgan fingerprint density at radius 1 is 0.529 bits per heavy atom. The van der Waals surface area contributed by atoms with Crippen LogP contribution in [0.5, 0.6) is 17.2 Å². The van der Waals surface area contributed by atoms with Gasteiger partial charge in [-0.15, -0.1) is 25.7 Å². The molecule has 0 aromatic heterocycles. The maximum atomic E-state index is 12.4. The quantitative estimate of drug-likeness (QED) is 0.0226. The summed E-state index contributed by atoms with van der Waals surface area (Å²) in [5.41, 5.74) is 1.51. The molecule has 2 amide bonds. The summed E-state index contributed by atoms with van der Waals surface area (Å²) in [6.07, 6.45) is 20.4. The van der Waals surface area contributed by atoms with Crippen molar-refractivity contribution in [2.75, 3.05) is 104 Å². The summed E-state index contributed by atoms with van der Waals surface area (Å²) in [6, 6.07) is 26.8. The number of nitrogens with one attached hydrogen (secondary N) is 2. The van der Waals surface area contributed by atoms with Gasteiger partial charge in [0.05, 0.1) is 70.3 Å². The molecule has 0 saturated carbocycles. The second-order valence-corrected chi connectivity index (χ2v) is 14.5. The Bertz CT molecular complexity index is 1870. The Morgan fingerprint density at radius 2 is 0.824 bits per heavy atom. The Labute approximate surface area is 411 Å². The Morgan fingerprint density at radius 3 is 1.06 bits per heavy atom. The predicted octanol–water partition coefficient (Wildman–Crippen LogP) is 0.273. The molecule has 0 saturated heterocycles. The largest absolute Gasteiger partial charge is 0.484 e. The number of carbonyl (C=O) groups is 3. The summed E-state index contributed by atoms with van der Waals surface area (Å²) in [6.45, 7) is -3.02. The number of aliphatic hydroxyl groups is 6. The van der Waals surface area contributed by atoms with E-state index in [0.29, 0.717) is 22.6 Å². The number of benzene rings is 3. The van der Waals surface area contributed by atoms with Gasteiger partial charge in [-0.25, -0.2) is 0 Å². The van der Waals surface area contributed by atoms with E-state index in [1.165, 1.54) is 0 Å². The van der Waals surface area contributed by atoms with Gasteiger partial charge in [-0.1, -0.05) is 94.2 Å². The number of hydrogen-bond donors (Lipinski definition) is 9. The molecule has 0 bridgehead atoms. The molecule has 0 aliphatic carbocycles. The van der Waals surface area contributed by atoms with Crippen molar-refractivity contribution < 1.29 is 73.4 Å². The van der Waals surface area contributed by atoms with E-state index in [9.17, 15) is 14.4 Å². The van der Waals surface area contributed by atoms with Crippen LogP contribution in [0, 0.1) is 49.4 Å². The molecule has 0 atom stereocenters. The van der Waals surface area contributed by atoms with Gasteiger partial charge >= 0.3 is 0 Å².